The van der Waals surface area contributed by atoms with Crippen LogP contribution in [0.25, 0.3) is 0 Å². The van der Waals surface area contributed by atoms with Gasteiger partial charge in [-0.05, 0) is 43.9 Å². The lowest BCUT2D eigenvalue weighted by molar-refractivity contribution is -0.137. The van der Waals surface area contributed by atoms with E-state index in [0.717, 1.165) is 24.8 Å². The number of hydrogen-bond acceptors (Lipinski definition) is 2. The van der Waals surface area contributed by atoms with E-state index in [4.69, 9.17) is 17.3 Å². The smallest absolute Gasteiger partial charge is 0.226 e. The van der Waals surface area contributed by atoms with Crippen LogP contribution in [0.5, 0.6) is 0 Å². The number of hydrogen-bond donors (Lipinski definition) is 1. The van der Waals surface area contributed by atoms with Gasteiger partial charge in [-0.2, -0.15) is 0 Å². The van der Waals surface area contributed by atoms with Gasteiger partial charge in [0.1, 0.15) is 0 Å². The maximum atomic E-state index is 12.7. The van der Waals surface area contributed by atoms with Crippen LogP contribution in [0.4, 0.5) is 0 Å². The summed E-state index contributed by atoms with van der Waals surface area (Å²) in [5, 5.41) is 0.710. The van der Waals surface area contributed by atoms with Crippen molar-refractivity contribution in [2.75, 3.05) is 13.6 Å². The normalized spacial score (nSPS) is 23.6. The minimum Gasteiger partial charge on any atom is -0.339 e. The van der Waals surface area contributed by atoms with Gasteiger partial charge < -0.3 is 10.6 Å². The Morgan fingerprint density at radius 1 is 1.45 bits per heavy atom. The Balaban J connectivity index is 2.12. The molecule has 20 heavy (non-hydrogen) atoms. The average molecular weight is 295 g/mol. The van der Waals surface area contributed by atoms with Crippen LogP contribution < -0.4 is 5.73 Å². The van der Waals surface area contributed by atoms with E-state index in [2.05, 4.69) is 0 Å². The van der Waals surface area contributed by atoms with Crippen molar-refractivity contribution in [3.05, 3.63) is 34.9 Å². The summed E-state index contributed by atoms with van der Waals surface area (Å²) in [6.45, 7) is 2.62. The molecule has 1 saturated carbocycles. The molecule has 0 aromatic heterocycles. The molecule has 2 N–H and O–H groups in total. The third-order valence-electron chi connectivity index (χ3n) is 4.56. The van der Waals surface area contributed by atoms with Crippen LogP contribution in [0.3, 0.4) is 0 Å². The molecule has 3 atom stereocenters. The number of carbonyl (C=O) groups excluding carboxylic acids is 1. The number of nitrogens with two attached hydrogens (primary N) is 1. The molecular weight excluding hydrogens is 272 g/mol. The Labute approximate surface area is 126 Å². The Morgan fingerprint density at radius 2 is 2.15 bits per heavy atom. The van der Waals surface area contributed by atoms with Crippen LogP contribution in [0.2, 0.25) is 5.02 Å². The highest BCUT2D eigenvalue weighted by atomic mass is 35.5. The van der Waals surface area contributed by atoms with E-state index in [9.17, 15) is 4.79 Å². The van der Waals surface area contributed by atoms with Gasteiger partial charge in [0.25, 0.3) is 0 Å². The van der Waals surface area contributed by atoms with Crippen molar-refractivity contribution in [3.8, 4) is 0 Å². The van der Waals surface area contributed by atoms with Crippen LogP contribution in [0.1, 0.15) is 37.8 Å². The molecule has 0 spiro atoms. The van der Waals surface area contributed by atoms with Crippen LogP contribution in [-0.2, 0) is 4.79 Å². The summed E-state index contributed by atoms with van der Waals surface area (Å²) in [5.74, 6) is 0.615. The van der Waals surface area contributed by atoms with Gasteiger partial charge in [0.2, 0.25) is 5.91 Å². The topological polar surface area (TPSA) is 46.3 Å². The van der Waals surface area contributed by atoms with Gasteiger partial charge in [-0.3, -0.25) is 4.79 Å². The lowest BCUT2D eigenvalue weighted by Crippen LogP contribution is -2.38. The molecule has 0 saturated heterocycles. The highest BCUT2D eigenvalue weighted by Crippen LogP contribution is 2.34. The summed E-state index contributed by atoms with van der Waals surface area (Å²) in [5.41, 5.74) is 6.77. The first-order valence-electron chi connectivity index (χ1n) is 7.27. The van der Waals surface area contributed by atoms with E-state index in [-0.39, 0.29) is 17.9 Å². The van der Waals surface area contributed by atoms with Crippen molar-refractivity contribution < 1.29 is 4.79 Å². The molecule has 1 aromatic carbocycles. The maximum absolute atomic E-state index is 12.7. The molecule has 0 radical (unpaired) electrons. The summed E-state index contributed by atoms with van der Waals surface area (Å²) in [7, 11) is 1.86. The number of halogens is 1. The number of rotatable bonds is 4. The van der Waals surface area contributed by atoms with E-state index in [1.807, 2.05) is 43.1 Å². The second kappa shape index (κ2) is 6.59. The summed E-state index contributed by atoms with van der Waals surface area (Å²) < 4.78 is 0. The van der Waals surface area contributed by atoms with Gasteiger partial charge >= 0.3 is 0 Å². The Bertz CT molecular complexity index is 477. The zero-order valence-electron chi connectivity index (χ0n) is 12.2. The van der Waals surface area contributed by atoms with Gasteiger partial charge in [-0.15, -0.1) is 0 Å². The van der Waals surface area contributed by atoms with E-state index in [0.29, 0.717) is 17.5 Å². The SMILES string of the molecule is CC(c1ccccc1Cl)N(C)C(=O)[C@@H]1CCC[C@@H]1CN. The Hall–Kier alpha value is -1.06. The fraction of sp³-hybridized carbons (Fsp3) is 0.562. The van der Waals surface area contributed by atoms with Gasteiger partial charge in [-0.25, -0.2) is 0 Å². The molecule has 1 aromatic rings. The summed E-state index contributed by atoms with van der Waals surface area (Å²) in [6, 6.07) is 7.68. The van der Waals surface area contributed by atoms with Gasteiger partial charge in [0.05, 0.1) is 6.04 Å². The van der Waals surface area contributed by atoms with Crippen LogP contribution in [0, 0.1) is 11.8 Å². The van der Waals surface area contributed by atoms with E-state index >= 15 is 0 Å². The van der Waals surface area contributed by atoms with Crippen molar-refractivity contribution in [1.29, 1.82) is 0 Å². The fourth-order valence-electron chi connectivity index (χ4n) is 3.12. The molecule has 1 amide bonds. The molecule has 1 unspecified atom stereocenters. The molecular formula is C16H23ClN2O. The monoisotopic (exact) mass is 294 g/mol. The van der Waals surface area contributed by atoms with E-state index in [1.54, 1.807) is 0 Å². The van der Waals surface area contributed by atoms with E-state index in [1.165, 1.54) is 0 Å². The second-order valence-electron chi connectivity index (χ2n) is 5.68. The quantitative estimate of drug-likeness (QED) is 0.926. The minimum absolute atomic E-state index is 0.0183. The third kappa shape index (κ3) is 2.99. The summed E-state index contributed by atoms with van der Waals surface area (Å²) >= 11 is 6.23. The Kier molecular flexibility index (Phi) is 5.06. The predicted molar refractivity (Wildman–Crippen MR) is 82.5 cm³/mol. The molecule has 2 rings (SSSR count). The van der Waals surface area contributed by atoms with Gasteiger partial charge in [-0.1, -0.05) is 36.2 Å². The van der Waals surface area contributed by atoms with Crippen molar-refractivity contribution in [2.45, 2.75) is 32.2 Å². The third-order valence-corrected chi connectivity index (χ3v) is 4.91. The number of amides is 1. The molecule has 4 heteroatoms. The molecule has 1 aliphatic carbocycles. The zero-order chi connectivity index (χ0) is 14.7. The lowest BCUT2D eigenvalue weighted by atomic mass is 9.94. The van der Waals surface area contributed by atoms with Crippen LogP contribution >= 0.6 is 11.6 Å². The molecule has 0 bridgehead atoms. The fourth-order valence-corrected chi connectivity index (χ4v) is 3.41. The maximum Gasteiger partial charge on any atom is 0.226 e. The van der Waals surface area contributed by atoms with Crippen molar-refractivity contribution >= 4 is 17.5 Å². The lowest BCUT2D eigenvalue weighted by Gasteiger charge is -2.30. The summed E-state index contributed by atoms with van der Waals surface area (Å²) in [4.78, 5) is 14.5. The highest BCUT2D eigenvalue weighted by molar-refractivity contribution is 6.31. The number of benzene rings is 1. The standard InChI is InChI=1S/C16H23ClN2O/c1-11(13-7-3-4-9-15(13)17)19(2)16(20)14-8-5-6-12(14)10-18/h3-4,7,9,11-12,14H,5-6,8,10,18H2,1-2H3/t11?,12-,14-/m1/s1. The van der Waals surface area contributed by atoms with Gasteiger partial charge in [0.15, 0.2) is 0 Å². The number of nitrogens with zero attached hydrogens (tertiary/aromatic N) is 1. The first-order valence-corrected chi connectivity index (χ1v) is 7.65. The molecule has 1 aliphatic rings. The molecule has 3 nitrogen and oxygen atoms in total. The zero-order valence-corrected chi connectivity index (χ0v) is 12.9. The molecule has 1 fully saturated rings. The predicted octanol–water partition coefficient (Wildman–Crippen LogP) is 3.23. The second-order valence-corrected chi connectivity index (χ2v) is 6.09. The number of carbonyl (C=O) groups is 1. The summed E-state index contributed by atoms with van der Waals surface area (Å²) in [6.07, 6.45) is 3.13. The Morgan fingerprint density at radius 3 is 2.80 bits per heavy atom. The first kappa shape index (κ1) is 15.3. The van der Waals surface area contributed by atoms with Gasteiger partial charge in [0, 0.05) is 18.0 Å². The molecule has 0 heterocycles. The van der Waals surface area contributed by atoms with Crippen molar-refractivity contribution in [2.24, 2.45) is 17.6 Å². The van der Waals surface area contributed by atoms with Crippen molar-refractivity contribution in [1.82, 2.24) is 4.90 Å². The average Bonchev–Trinajstić information content (AvgIpc) is 2.94. The highest BCUT2D eigenvalue weighted by Gasteiger charge is 2.35. The van der Waals surface area contributed by atoms with Crippen LogP contribution in [0.15, 0.2) is 24.3 Å². The minimum atomic E-state index is -0.0183. The van der Waals surface area contributed by atoms with E-state index < -0.39 is 0 Å². The van der Waals surface area contributed by atoms with Crippen molar-refractivity contribution in [3.63, 3.8) is 0 Å². The molecule has 110 valence electrons. The van der Waals surface area contributed by atoms with Crippen LogP contribution in [-0.4, -0.2) is 24.4 Å². The largest absolute Gasteiger partial charge is 0.339 e. The first-order chi connectivity index (χ1) is 9.56. The molecule has 0 aliphatic heterocycles.